The van der Waals surface area contributed by atoms with Crippen molar-refractivity contribution in [1.29, 1.82) is 0 Å². The highest BCUT2D eigenvalue weighted by atomic mass is 16.2. The topological polar surface area (TPSA) is 30.0 Å². The van der Waals surface area contributed by atoms with Gasteiger partial charge in [0.25, 0.3) is 0 Å². The largest absolute Gasteiger partial charge is 0.340 e. The van der Waals surface area contributed by atoms with Crippen molar-refractivity contribution in [2.24, 2.45) is 0 Å². The Bertz CT molecular complexity index is 375. The SMILES string of the molecule is CCN1CCN(CC(=O)N2CCCN(C3CCCC3)CC2)CC1. The summed E-state index contributed by atoms with van der Waals surface area (Å²) in [6.07, 6.45) is 6.68. The fourth-order valence-corrected chi connectivity index (χ4v) is 4.38. The van der Waals surface area contributed by atoms with E-state index in [2.05, 4.69) is 26.5 Å². The van der Waals surface area contributed by atoms with E-state index in [0.717, 1.165) is 64.8 Å². The number of amides is 1. The van der Waals surface area contributed by atoms with Crippen molar-refractivity contribution in [3.8, 4) is 0 Å². The Labute approximate surface area is 141 Å². The maximum atomic E-state index is 12.7. The minimum absolute atomic E-state index is 0.350. The van der Waals surface area contributed by atoms with Gasteiger partial charge in [-0.2, -0.15) is 0 Å². The summed E-state index contributed by atoms with van der Waals surface area (Å²) >= 11 is 0. The molecule has 2 saturated heterocycles. The Hall–Kier alpha value is -0.650. The van der Waals surface area contributed by atoms with Crippen molar-refractivity contribution in [2.45, 2.75) is 45.1 Å². The van der Waals surface area contributed by atoms with Crippen LogP contribution in [0.5, 0.6) is 0 Å². The van der Waals surface area contributed by atoms with Gasteiger partial charge in [-0.25, -0.2) is 0 Å². The van der Waals surface area contributed by atoms with E-state index in [1.54, 1.807) is 0 Å². The van der Waals surface area contributed by atoms with Crippen LogP contribution in [0, 0.1) is 0 Å². The predicted octanol–water partition coefficient (Wildman–Crippen LogP) is 1.10. The predicted molar refractivity (Wildman–Crippen MR) is 93.6 cm³/mol. The standard InChI is InChI=1S/C18H34N4O/c1-2-19-10-12-20(13-11-19)16-18(23)22-9-5-8-21(14-15-22)17-6-3-4-7-17/h17H,2-16H2,1H3. The molecule has 0 unspecified atom stereocenters. The van der Waals surface area contributed by atoms with E-state index in [9.17, 15) is 4.79 Å². The van der Waals surface area contributed by atoms with Crippen LogP contribution in [0.15, 0.2) is 0 Å². The molecular weight excluding hydrogens is 288 g/mol. The summed E-state index contributed by atoms with van der Waals surface area (Å²) in [4.78, 5) is 22.2. The Morgan fingerprint density at radius 1 is 0.826 bits per heavy atom. The van der Waals surface area contributed by atoms with Gasteiger partial charge in [0.2, 0.25) is 5.91 Å². The van der Waals surface area contributed by atoms with Crippen molar-refractivity contribution >= 4 is 5.91 Å². The van der Waals surface area contributed by atoms with Crippen LogP contribution in [0.4, 0.5) is 0 Å². The zero-order chi connectivity index (χ0) is 16.1. The third kappa shape index (κ3) is 4.68. The summed E-state index contributed by atoms with van der Waals surface area (Å²) in [5.41, 5.74) is 0. The van der Waals surface area contributed by atoms with Crippen LogP contribution in [0.3, 0.4) is 0 Å². The zero-order valence-corrected chi connectivity index (χ0v) is 14.9. The van der Waals surface area contributed by atoms with Crippen molar-refractivity contribution in [1.82, 2.24) is 19.6 Å². The average Bonchev–Trinajstić information content (AvgIpc) is 3.00. The van der Waals surface area contributed by atoms with Crippen LogP contribution in [-0.4, -0.2) is 97.0 Å². The summed E-state index contributed by atoms with van der Waals surface area (Å²) in [5, 5.41) is 0. The highest BCUT2D eigenvalue weighted by Gasteiger charge is 2.27. The highest BCUT2D eigenvalue weighted by molar-refractivity contribution is 5.78. The maximum absolute atomic E-state index is 12.7. The molecule has 5 nitrogen and oxygen atoms in total. The molecule has 0 aromatic carbocycles. The molecule has 2 aliphatic heterocycles. The van der Waals surface area contributed by atoms with Gasteiger partial charge in [0, 0.05) is 58.4 Å². The van der Waals surface area contributed by atoms with Gasteiger partial charge in [-0.15, -0.1) is 0 Å². The van der Waals surface area contributed by atoms with E-state index in [4.69, 9.17) is 0 Å². The van der Waals surface area contributed by atoms with Crippen molar-refractivity contribution in [2.75, 3.05) is 65.4 Å². The first-order valence-corrected chi connectivity index (χ1v) is 9.73. The lowest BCUT2D eigenvalue weighted by Crippen LogP contribution is -2.50. The van der Waals surface area contributed by atoms with Crippen molar-refractivity contribution in [3.63, 3.8) is 0 Å². The first-order valence-electron chi connectivity index (χ1n) is 9.73. The summed E-state index contributed by atoms with van der Waals surface area (Å²) in [5.74, 6) is 0.350. The number of hydrogen-bond acceptors (Lipinski definition) is 4. The molecule has 0 aromatic heterocycles. The second-order valence-electron chi connectivity index (χ2n) is 7.42. The van der Waals surface area contributed by atoms with E-state index in [1.165, 1.54) is 32.2 Å². The molecule has 1 saturated carbocycles. The summed E-state index contributed by atoms with van der Waals surface area (Å²) < 4.78 is 0. The Balaban J connectivity index is 1.43. The monoisotopic (exact) mass is 322 g/mol. The Morgan fingerprint density at radius 3 is 2.22 bits per heavy atom. The summed E-state index contributed by atoms with van der Waals surface area (Å²) in [7, 11) is 0. The molecule has 3 aliphatic rings. The number of carbonyl (C=O) groups excluding carboxylic acids is 1. The van der Waals surface area contributed by atoms with Crippen molar-refractivity contribution in [3.05, 3.63) is 0 Å². The number of nitrogens with zero attached hydrogens (tertiary/aromatic N) is 4. The van der Waals surface area contributed by atoms with E-state index in [0.29, 0.717) is 12.5 Å². The number of rotatable bonds is 4. The van der Waals surface area contributed by atoms with E-state index >= 15 is 0 Å². The molecule has 0 aromatic rings. The first kappa shape index (κ1) is 17.2. The summed E-state index contributed by atoms with van der Waals surface area (Å²) in [6, 6.07) is 0.798. The van der Waals surface area contributed by atoms with Crippen LogP contribution in [0.25, 0.3) is 0 Å². The molecule has 23 heavy (non-hydrogen) atoms. The number of carbonyl (C=O) groups is 1. The molecule has 0 N–H and O–H groups in total. The van der Waals surface area contributed by atoms with Crippen LogP contribution >= 0.6 is 0 Å². The lowest BCUT2D eigenvalue weighted by Gasteiger charge is -2.34. The normalized spacial score (nSPS) is 26.6. The van der Waals surface area contributed by atoms with Gasteiger partial charge in [-0.3, -0.25) is 14.6 Å². The quantitative estimate of drug-likeness (QED) is 0.775. The van der Waals surface area contributed by atoms with Crippen LogP contribution in [0.1, 0.15) is 39.0 Å². The number of hydrogen-bond donors (Lipinski definition) is 0. The maximum Gasteiger partial charge on any atom is 0.236 e. The molecule has 0 spiro atoms. The van der Waals surface area contributed by atoms with E-state index in [-0.39, 0.29) is 0 Å². The smallest absolute Gasteiger partial charge is 0.236 e. The second kappa shape index (κ2) is 8.45. The highest BCUT2D eigenvalue weighted by Crippen LogP contribution is 2.24. The second-order valence-corrected chi connectivity index (χ2v) is 7.42. The minimum atomic E-state index is 0.350. The van der Waals surface area contributed by atoms with E-state index in [1.807, 2.05) is 0 Å². The van der Waals surface area contributed by atoms with Gasteiger partial charge < -0.3 is 9.80 Å². The fraction of sp³-hybridized carbons (Fsp3) is 0.944. The summed E-state index contributed by atoms with van der Waals surface area (Å²) in [6.45, 7) is 12.4. The lowest BCUT2D eigenvalue weighted by atomic mass is 10.2. The van der Waals surface area contributed by atoms with Crippen molar-refractivity contribution < 1.29 is 4.79 Å². The Morgan fingerprint density at radius 2 is 1.52 bits per heavy atom. The van der Waals surface area contributed by atoms with E-state index < -0.39 is 0 Å². The molecule has 3 rings (SSSR count). The third-order valence-electron chi connectivity index (χ3n) is 6.00. The number of likely N-dealkylation sites (N-methyl/N-ethyl adjacent to an activating group) is 1. The molecule has 1 amide bonds. The molecule has 3 fully saturated rings. The number of piperazine rings is 1. The van der Waals surface area contributed by atoms with Gasteiger partial charge >= 0.3 is 0 Å². The first-order chi connectivity index (χ1) is 11.3. The zero-order valence-electron chi connectivity index (χ0n) is 14.9. The third-order valence-corrected chi connectivity index (χ3v) is 6.00. The van der Waals surface area contributed by atoms with Gasteiger partial charge in [0.05, 0.1) is 6.54 Å². The van der Waals surface area contributed by atoms with Gasteiger partial charge in [-0.1, -0.05) is 19.8 Å². The Kier molecular flexibility index (Phi) is 6.31. The molecule has 2 heterocycles. The molecule has 1 aliphatic carbocycles. The van der Waals surface area contributed by atoms with Crippen LogP contribution in [0.2, 0.25) is 0 Å². The molecular formula is C18H34N4O. The van der Waals surface area contributed by atoms with Gasteiger partial charge in [0.15, 0.2) is 0 Å². The molecule has 0 bridgehead atoms. The molecule has 0 atom stereocenters. The molecule has 5 heteroatoms. The van der Waals surface area contributed by atoms with Gasteiger partial charge in [0.1, 0.15) is 0 Å². The fourth-order valence-electron chi connectivity index (χ4n) is 4.38. The van der Waals surface area contributed by atoms with Crippen LogP contribution < -0.4 is 0 Å². The lowest BCUT2D eigenvalue weighted by molar-refractivity contribution is -0.132. The molecule has 132 valence electrons. The van der Waals surface area contributed by atoms with Gasteiger partial charge in [-0.05, 0) is 25.8 Å². The average molecular weight is 322 g/mol. The molecule has 0 radical (unpaired) electrons. The van der Waals surface area contributed by atoms with Crippen LogP contribution in [-0.2, 0) is 4.79 Å². The minimum Gasteiger partial charge on any atom is -0.340 e.